The lowest BCUT2D eigenvalue weighted by Crippen LogP contribution is -2.34. The quantitative estimate of drug-likeness (QED) is 0.543. The van der Waals surface area contributed by atoms with Gasteiger partial charge in [0.15, 0.2) is 0 Å². The van der Waals surface area contributed by atoms with E-state index in [0.717, 1.165) is 17.8 Å². The second-order valence-corrected chi connectivity index (χ2v) is 6.04. The molecule has 0 N–H and O–H groups in total. The molecule has 0 bridgehead atoms. The van der Waals surface area contributed by atoms with Gasteiger partial charge in [0.05, 0.1) is 0 Å². The highest BCUT2D eigenvalue weighted by atomic mass is 14.4. The third-order valence-corrected chi connectivity index (χ3v) is 4.11. The maximum Gasteiger partial charge on any atom is -0.0309 e. The Morgan fingerprint density at radius 1 is 0.667 bits per heavy atom. The van der Waals surface area contributed by atoms with E-state index in [0.29, 0.717) is 5.41 Å². The van der Waals surface area contributed by atoms with Crippen molar-refractivity contribution in [3.05, 3.63) is 0 Å². The molecule has 0 aromatic carbocycles. The molecule has 0 unspecified atom stereocenters. The molecule has 0 aliphatic rings. The molecular formula is C15H32. The van der Waals surface area contributed by atoms with Crippen LogP contribution >= 0.6 is 0 Å². The Morgan fingerprint density at radius 3 is 1.07 bits per heavy atom. The van der Waals surface area contributed by atoms with Gasteiger partial charge < -0.3 is 0 Å². The topological polar surface area (TPSA) is 0 Å². The smallest absolute Gasteiger partial charge is 0.0309 e. The monoisotopic (exact) mass is 212 g/mol. The minimum Gasteiger partial charge on any atom is -0.0651 e. The van der Waals surface area contributed by atoms with Crippen LogP contribution in [-0.2, 0) is 0 Å². The van der Waals surface area contributed by atoms with Crippen molar-refractivity contribution in [1.82, 2.24) is 0 Å². The van der Waals surface area contributed by atoms with Gasteiger partial charge in [0.25, 0.3) is 0 Å². The molecule has 0 nitrogen and oxygen atoms in total. The van der Waals surface area contributed by atoms with Crippen LogP contribution in [0.2, 0.25) is 0 Å². The largest absolute Gasteiger partial charge is 0.0651 e. The molecule has 0 aromatic rings. The predicted molar refractivity (Wildman–Crippen MR) is 71.1 cm³/mol. The van der Waals surface area contributed by atoms with E-state index >= 15 is 0 Å². The van der Waals surface area contributed by atoms with Gasteiger partial charge in [0.2, 0.25) is 0 Å². The van der Waals surface area contributed by atoms with Gasteiger partial charge in [-0.25, -0.2) is 0 Å². The zero-order valence-corrected chi connectivity index (χ0v) is 12.1. The van der Waals surface area contributed by atoms with E-state index in [9.17, 15) is 0 Å². The number of rotatable bonds is 6. The van der Waals surface area contributed by atoms with E-state index in [-0.39, 0.29) is 0 Å². The lowest BCUT2D eigenvalue weighted by atomic mass is 9.64. The van der Waals surface area contributed by atoms with Gasteiger partial charge in [-0.1, -0.05) is 74.1 Å². The summed E-state index contributed by atoms with van der Waals surface area (Å²) in [5.74, 6) is 2.72. The maximum absolute atomic E-state index is 2.42. The Labute approximate surface area is 97.8 Å². The van der Waals surface area contributed by atoms with Crippen molar-refractivity contribution in [3.8, 4) is 0 Å². The molecule has 0 saturated carbocycles. The van der Waals surface area contributed by atoms with Crippen LogP contribution in [0.1, 0.15) is 74.1 Å². The highest BCUT2D eigenvalue weighted by Gasteiger charge is 2.34. The fraction of sp³-hybridized carbons (Fsp3) is 1.00. The van der Waals surface area contributed by atoms with Crippen LogP contribution in [0.5, 0.6) is 0 Å². The summed E-state index contributed by atoms with van der Waals surface area (Å²) in [6.07, 6.45) is 5.37. The molecule has 0 heteroatoms. The highest BCUT2D eigenvalue weighted by Crippen LogP contribution is 2.43. The third-order valence-electron chi connectivity index (χ3n) is 4.11. The Balaban J connectivity index is 4.85. The summed E-state index contributed by atoms with van der Waals surface area (Å²) >= 11 is 0. The Bertz CT molecular complexity index is 132. The first-order chi connectivity index (χ1) is 6.92. The molecule has 92 valence electrons. The van der Waals surface area contributed by atoms with Crippen LogP contribution in [0.3, 0.4) is 0 Å². The van der Waals surface area contributed by atoms with Crippen LogP contribution < -0.4 is 0 Å². The van der Waals surface area contributed by atoms with Crippen LogP contribution in [0, 0.1) is 23.2 Å². The second-order valence-electron chi connectivity index (χ2n) is 6.04. The average molecular weight is 212 g/mol. The fourth-order valence-electron chi connectivity index (χ4n) is 3.39. The Morgan fingerprint density at radius 2 is 0.933 bits per heavy atom. The van der Waals surface area contributed by atoms with Crippen molar-refractivity contribution in [3.63, 3.8) is 0 Å². The summed E-state index contributed by atoms with van der Waals surface area (Å²) in [5, 5.41) is 0. The number of hydrogen-bond acceptors (Lipinski definition) is 0. The van der Waals surface area contributed by atoms with Crippen LogP contribution in [-0.4, -0.2) is 0 Å². The number of hydrogen-bond donors (Lipinski definition) is 0. The molecule has 0 heterocycles. The summed E-state index contributed by atoms with van der Waals surface area (Å²) in [4.78, 5) is 0. The van der Waals surface area contributed by atoms with Gasteiger partial charge in [0.1, 0.15) is 0 Å². The van der Waals surface area contributed by atoms with E-state index in [1.54, 1.807) is 0 Å². The van der Waals surface area contributed by atoms with Crippen LogP contribution in [0.25, 0.3) is 0 Å². The average Bonchev–Trinajstić information content (AvgIpc) is 2.17. The van der Waals surface area contributed by atoms with Crippen molar-refractivity contribution in [2.45, 2.75) is 74.1 Å². The summed E-state index contributed by atoms with van der Waals surface area (Å²) in [7, 11) is 0. The first kappa shape index (κ1) is 15.0. The van der Waals surface area contributed by atoms with Crippen LogP contribution in [0.15, 0.2) is 0 Å². The second kappa shape index (κ2) is 6.55. The molecule has 0 radical (unpaired) electrons. The van der Waals surface area contributed by atoms with E-state index in [2.05, 4.69) is 48.5 Å². The Kier molecular flexibility index (Phi) is 6.55. The van der Waals surface area contributed by atoms with Crippen molar-refractivity contribution < 1.29 is 0 Å². The van der Waals surface area contributed by atoms with Gasteiger partial charge in [-0.3, -0.25) is 0 Å². The minimum atomic E-state index is 0.466. The van der Waals surface area contributed by atoms with Gasteiger partial charge in [0, 0.05) is 0 Å². The molecule has 0 atom stereocenters. The summed E-state index contributed by atoms with van der Waals surface area (Å²) < 4.78 is 0. The standard InChI is InChI=1S/C15H32/c1-8-12(9-2)14(15(5,6)7)13(10-3)11-4/h12-14H,8-11H2,1-7H3. The van der Waals surface area contributed by atoms with Gasteiger partial charge in [-0.05, 0) is 23.2 Å². The molecule has 0 aromatic heterocycles. The summed E-state index contributed by atoms with van der Waals surface area (Å²) in [6.45, 7) is 16.7. The normalized spacial score (nSPS) is 13.2. The van der Waals surface area contributed by atoms with Crippen molar-refractivity contribution in [2.24, 2.45) is 23.2 Å². The van der Waals surface area contributed by atoms with E-state index < -0.39 is 0 Å². The first-order valence-electron chi connectivity index (χ1n) is 6.92. The van der Waals surface area contributed by atoms with E-state index in [1.165, 1.54) is 25.7 Å². The maximum atomic E-state index is 2.42. The first-order valence-corrected chi connectivity index (χ1v) is 6.92. The Hall–Kier alpha value is 0. The summed E-state index contributed by atoms with van der Waals surface area (Å²) in [6, 6.07) is 0. The van der Waals surface area contributed by atoms with E-state index in [1.807, 2.05) is 0 Å². The van der Waals surface area contributed by atoms with Crippen molar-refractivity contribution in [2.75, 3.05) is 0 Å². The molecule has 0 rings (SSSR count). The molecule has 0 saturated heterocycles. The molecular weight excluding hydrogens is 180 g/mol. The van der Waals surface area contributed by atoms with Gasteiger partial charge in [-0.2, -0.15) is 0 Å². The van der Waals surface area contributed by atoms with E-state index in [4.69, 9.17) is 0 Å². The zero-order chi connectivity index (χ0) is 12.1. The molecule has 0 amide bonds. The predicted octanol–water partition coefficient (Wildman–Crippen LogP) is 5.52. The highest BCUT2D eigenvalue weighted by molar-refractivity contribution is 4.84. The lowest BCUT2D eigenvalue weighted by Gasteiger charge is -2.42. The summed E-state index contributed by atoms with van der Waals surface area (Å²) in [5.41, 5.74) is 0.466. The molecule has 0 spiro atoms. The molecule has 15 heavy (non-hydrogen) atoms. The molecule has 0 aliphatic carbocycles. The zero-order valence-electron chi connectivity index (χ0n) is 12.1. The van der Waals surface area contributed by atoms with Gasteiger partial charge >= 0.3 is 0 Å². The molecule has 0 aliphatic heterocycles. The molecule has 0 fully saturated rings. The lowest BCUT2D eigenvalue weighted by molar-refractivity contribution is 0.0772. The minimum absolute atomic E-state index is 0.466. The van der Waals surface area contributed by atoms with Crippen molar-refractivity contribution in [1.29, 1.82) is 0 Å². The van der Waals surface area contributed by atoms with Crippen LogP contribution in [0.4, 0.5) is 0 Å². The fourth-order valence-corrected chi connectivity index (χ4v) is 3.39. The SMILES string of the molecule is CCC(CC)C(C(CC)CC)C(C)(C)C. The third kappa shape index (κ3) is 4.17. The van der Waals surface area contributed by atoms with Gasteiger partial charge in [-0.15, -0.1) is 0 Å². The van der Waals surface area contributed by atoms with Crippen molar-refractivity contribution >= 4 is 0 Å².